The van der Waals surface area contributed by atoms with Gasteiger partial charge in [-0.25, -0.2) is 0 Å². The van der Waals surface area contributed by atoms with Crippen LogP contribution in [-0.2, 0) is 7.05 Å². The number of pyridine rings is 1. The molecule has 1 aromatic carbocycles. The average molecular weight is 199 g/mol. The largest absolute Gasteiger partial charge is 0.394 e. The molecule has 0 aliphatic carbocycles. The summed E-state index contributed by atoms with van der Waals surface area (Å²) in [6.07, 6.45) is 1.93. The fourth-order valence-electron chi connectivity index (χ4n) is 1.77. The minimum Gasteiger partial charge on any atom is -0.394 e. The Morgan fingerprint density at radius 1 is 1.07 bits per heavy atom. The second-order valence-corrected chi connectivity index (χ2v) is 3.77. The highest BCUT2D eigenvalue weighted by molar-refractivity contribution is 5.61. The van der Waals surface area contributed by atoms with E-state index in [9.17, 15) is 0 Å². The summed E-state index contributed by atoms with van der Waals surface area (Å²) in [6, 6.07) is 12.3. The van der Waals surface area contributed by atoms with Gasteiger partial charge in [0.15, 0.2) is 6.20 Å². The highest BCUT2D eigenvalue weighted by atomic mass is 14.9. The molecule has 2 heteroatoms. The number of aromatic nitrogens is 1. The molecule has 2 nitrogen and oxygen atoms in total. The molecule has 1 heterocycles. The van der Waals surface area contributed by atoms with Gasteiger partial charge in [-0.2, -0.15) is 4.57 Å². The van der Waals surface area contributed by atoms with Gasteiger partial charge in [-0.15, -0.1) is 0 Å². The zero-order chi connectivity index (χ0) is 10.8. The second-order valence-electron chi connectivity index (χ2n) is 3.77. The van der Waals surface area contributed by atoms with Crippen LogP contribution >= 0.6 is 0 Å². The van der Waals surface area contributed by atoms with Gasteiger partial charge in [0.1, 0.15) is 7.05 Å². The van der Waals surface area contributed by atoms with Crippen molar-refractivity contribution >= 4 is 5.69 Å². The molecule has 0 fully saturated rings. The number of nitrogen functional groups attached to an aromatic ring is 1. The van der Waals surface area contributed by atoms with E-state index in [-0.39, 0.29) is 0 Å². The van der Waals surface area contributed by atoms with E-state index in [0.29, 0.717) is 0 Å². The van der Waals surface area contributed by atoms with Gasteiger partial charge < -0.3 is 5.73 Å². The van der Waals surface area contributed by atoms with Crippen LogP contribution in [0.3, 0.4) is 0 Å². The Morgan fingerprint density at radius 3 is 2.47 bits per heavy atom. The Labute approximate surface area is 90.0 Å². The van der Waals surface area contributed by atoms with Gasteiger partial charge in [0.2, 0.25) is 5.69 Å². The highest BCUT2D eigenvalue weighted by Gasteiger charge is 2.11. The Balaban J connectivity index is 2.60. The lowest BCUT2D eigenvalue weighted by Crippen LogP contribution is -2.31. The predicted octanol–water partition coefficient (Wildman–Crippen LogP) is 2.07. The molecule has 2 N–H and O–H groups in total. The molecule has 0 spiro atoms. The smallest absolute Gasteiger partial charge is 0.212 e. The fourth-order valence-corrected chi connectivity index (χ4v) is 1.77. The standard InChI is InChI=1S/C13H15N2/c1-10-5-3-4-6-12(10)13-8-7-11(14)9-15(13)2/h3-9H,14H2,1-2H3/q+1. The Morgan fingerprint density at radius 2 is 1.80 bits per heavy atom. The van der Waals surface area contributed by atoms with E-state index in [1.54, 1.807) is 0 Å². The number of aryl methyl sites for hydroxylation is 2. The number of anilines is 1. The number of nitrogens with zero attached hydrogens (tertiary/aromatic N) is 1. The zero-order valence-corrected chi connectivity index (χ0v) is 9.07. The first-order valence-electron chi connectivity index (χ1n) is 4.99. The summed E-state index contributed by atoms with van der Waals surface area (Å²) in [4.78, 5) is 0. The van der Waals surface area contributed by atoms with Gasteiger partial charge in [-0.1, -0.05) is 18.2 Å². The van der Waals surface area contributed by atoms with Crippen LogP contribution in [0, 0.1) is 6.92 Å². The van der Waals surface area contributed by atoms with Crippen LogP contribution < -0.4 is 10.3 Å². The van der Waals surface area contributed by atoms with Crippen molar-refractivity contribution in [2.75, 3.05) is 5.73 Å². The van der Waals surface area contributed by atoms with Crippen molar-refractivity contribution in [2.24, 2.45) is 7.05 Å². The molecular weight excluding hydrogens is 184 g/mol. The second kappa shape index (κ2) is 3.73. The molecule has 0 radical (unpaired) electrons. The Kier molecular flexibility index (Phi) is 2.42. The lowest BCUT2D eigenvalue weighted by atomic mass is 10.1. The van der Waals surface area contributed by atoms with E-state index in [1.165, 1.54) is 16.8 Å². The maximum absolute atomic E-state index is 5.72. The SMILES string of the molecule is Cc1ccccc1-c1ccc(N)c[n+]1C. The minimum atomic E-state index is 0.787. The van der Waals surface area contributed by atoms with E-state index < -0.39 is 0 Å². The van der Waals surface area contributed by atoms with Crippen molar-refractivity contribution in [2.45, 2.75) is 6.92 Å². The van der Waals surface area contributed by atoms with Gasteiger partial charge in [0, 0.05) is 11.6 Å². The van der Waals surface area contributed by atoms with Crippen LogP contribution in [0.2, 0.25) is 0 Å². The molecule has 0 amide bonds. The molecule has 76 valence electrons. The quantitative estimate of drug-likeness (QED) is 0.700. The Bertz CT molecular complexity index is 490. The predicted molar refractivity (Wildman–Crippen MR) is 62.2 cm³/mol. The molecule has 2 rings (SSSR count). The Hall–Kier alpha value is -1.83. The molecule has 0 saturated heterocycles. The van der Waals surface area contributed by atoms with E-state index in [1.807, 2.05) is 19.3 Å². The molecule has 1 aromatic heterocycles. The zero-order valence-electron chi connectivity index (χ0n) is 9.07. The molecule has 2 aromatic rings. The van der Waals surface area contributed by atoms with Crippen molar-refractivity contribution in [3.05, 3.63) is 48.2 Å². The molecule has 0 aliphatic rings. The molecule has 0 aliphatic heterocycles. The van der Waals surface area contributed by atoms with Crippen LogP contribution in [0.25, 0.3) is 11.3 Å². The van der Waals surface area contributed by atoms with Gasteiger partial charge >= 0.3 is 0 Å². The normalized spacial score (nSPS) is 10.3. The molecule has 0 saturated carbocycles. The fraction of sp³-hybridized carbons (Fsp3) is 0.154. The van der Waals surface area contributed by atoms with Crippen LogP contribution in [0.1, 0.15) is 5.56 Å². The summed E-state index contributed by atoms with van der Waals surface area (Å²) in [5.41, 5.74) is 10.2. The minimum absolute atomic E-state index is 0.787. The number of nitrogens with two attached hydrogens (primary N) is 1. The van der Waals surface area contributed by atoms with Crippen molar-refractivity contribution in [3.8, 4) is 11.3 Å². The van der Waals surface area contributed by atoms with E-state index in [2.05, 4.69) is 41.8 Å². The summed E-state index contributed by atoms with van der Waals surface area (Å²) in [6.45, 7) is 2.12. The molecule has 0 bridgehead atoms. The monoisotopic (exact) mass is 199 g/mol. The van der Waals surface area contributed by atoms with Gasteiger partial charge in [0.05, 0.1) is 5.69 Å². The third-order valence-electron chi connectivity index (χ3n) is 2.58. The van der Waals surface area contributed by atoms with Crippen LogP contribution in [0.15, 0.2) is 42.6 Å². The number of hydrogen-bond donors (Lipinski definition) is 1. The molecule has 0 atom stereocenters. The summed E-state index contributed by atoms with van der Waals surface area (Å²) in [5, 5.41) is 0. The van der Waals surface area contributed by atoms with Crippen LogP contribution in [-0.4, -0.2) is 0 Å². The van der Waals surface area contributed by atoms with Crippen molar-refractivity contribution < 1.29 is 4.57 Å². The topological polar surface area (TPSA) is 29.9 Å². The van der Waals surface area contributed by atoms with E-state index in [4.69, 9.17) is 5.73 Å². The van der Waals surface area contributed by atoms with Gasteiger partial charge in [-0.05, 0) is 24.6 Å². The summed E-state index contributed by atoms with van der Waals surface area (Å²) in [7, 11) is 2.01. The number of benzene rings is 1. The average Bonchev–Trinajstić information content (AvgIpc) is 2.20. The first kappa shape index (κ1) is 9.71. The third-order valence-corrected chi connectivity index (χ3v) is 2.58. The lowest BCUT2D eigenvalue weighted by molar-refractivity contribution is -0.659. The van der Waals surface area contributed by atoms with Crippen molar-refractivity contribution in [3.63, 3.8) is 0 Å². The summed E-state index contributed by atoms with van der Waals surface area (Å²) < 4.78 is 2.05. The van der Waals surface area contributed by atoms with E-state index >= 15 is 0 Å². The maximum atomic E-state index is 5.72. The van der Waals surface area contributed by atoms with Crippen molar-refractivity contribution in [1.29, 1.82) is 0 Å². The highest BCUT2D eigenvalue weighted by Crippen LogP contribution is 2.19. The summed E-state index contributed by atoms with van der Waals surface area (Å²) in [5.74, 6) is 0. The van der Waals surface area contributed by atoms with E-state index in [0.717, 1.165) is 5.69 Å². The molecule has 0 unspecified atom stereocenters. The van der Waals surface area contributed by atoms with Crippen LogP contribution in [0.5, 0.6) is 0 Å². The van der Waals surface area contributed by atoms with Crippen LogP contribution in [0.4, 0.5) is 5.69 Å². The number of rotatable bonds is 1. The summed E-state index contributed by atoms with van der Waals surface area (Å²) >= 11 is 0. The van der Waals surface area contributed by atoms with Crippen molar-refractivity contribution in [1.82, 2.24) is 0 Å². The number of hydrogen-bond acceptors (Lipinski definition) is 1. The first-order chi connectivity index (χ1) is 7.18. The molecule has 15 heavy (non-hydrogen) atoms. The van der Waals surface area contributed by atoms with Gasteiger partial charge in [-0.3, -0.25) is 0 Å². The molecular formula is C13H15N2+. The maximum Gasteiger partial charge on any atom is 0.212 e. The third kappa shape index (κ3) is 1.84. The lowest BCUT2D eigenvalue weighted by Gasteiger charge is -2.03. The first-order valence-corrected chi connectivity index (χ1v) is 4.99. The van der Waals surface area contributed by atoms with Gasteiger partial charge in [0.25, 0.3) is 0 Å².